The molecule has 7 heteroatoms. The van der Waals surface area contributed by atoms with Crippen LogP contribution in [0.15, 0.2) is 29.2 Å². The number of nitrogens with zero attached hydrogens (tertiary/aromatic N) is 1. The van der Waals surface area contributed by atoms with Gasteiger partial charge in [0, 0.05) is 18.0 Å². The lowest BCUT2D eigenvalue weighted by Crippen LogP contribution is -2.45. The van der Waals surface area contributed by atoms with Crippen molar-refractivity contribution in [2.75, 3.05) is 26.0 Å². The highest BCUT2D eigenvalue weighted by Crippen LogP contribution is 2.17. The smallest absolute Gasteiger partial charge is 0.338 e. The van der Waals surface area contributed by atoms with Gasteiger partial charge in [0.15, 0.2) is 6.61 Å². The maximum Gasteiger partial charge on any atom is 0.338 e. The zero-order chi connectivity index (χ0) is 16.8. The second-order valence-corrected chi connectivity index (χ2v) is 6.27. The molecule has 2 N–H and O–H groups in total. The maximum absolute atomic E-state index is 12.1. The Labute approximate surface area is 139 Å². The van der Waals surface area contributed by atoms with Gasteiger partial charge in [-0.2, -0.15) is 0 Å². The van der Waals surface area contributed by atoms with E-state index in [1.165, 1.54) is 4.90 Å². The number of thioether (sulfide) groups is 1. The molecule has 2 amide bonds. The minimum atomic E-state index is -0.533. The van der Waals surface area contributed by atoms with Crippen LogP contribution in [0.1, 0.15) is 23.2 Å². The summed E-state index contributed by atoms with van der Waals surface area (Å²) in [4.78, 5) is 37.8. The van der Waals surface area contributed by atoms with E-state index in [9.17, 15) is 14.4 Å². The highest BCUT2D eigenvalue weighted by Gasteiger charge is 2.27. The maximum atomic E-state index is 12.1. The lowest BCUT2D eigenvalue weighted by Gasteiger charge is -2.31. The van der Waals surface area contributed by atoms with E-state index in [0.717, 1.165) is 11.3 Å². The number of amides is 2. The first-order chi connectivity index (χ1) is 11.0. The molecule has 0 aliphatic carbocycles. The van der Waals surface area contributed by atoms with Crippen LogP contribution in [0.2, 0.25) is 0 Å². The van der Waals surface area contributed by atoms with E-state index >= 15 is 0 Å². The minimum absolute atomic E-state index is 0.300. The molecule has 1 aromatic rings. The molecule has 1 fully saturated rings. The number of nitrogens with two attached hydrogens (primary N) is 1. The number of carbonyl (C=O) groups excluding carboxylic acids is 3. The van der Waals surface area contributed by atoms with Gasteiger partial charge in [-0.3, -0.25) is 9.59 Å². The van der Waals surface area contributed by atoms with Gasteiger partial charge < -0.3 is 15.4 Å². The summed E-state index contributed by atoms with van der Waals surface area (Å²) >= 11 is 1.58. The summed E-state index contributed by atoms with van der Waals surface area (Å²) in [5.41, 5.74) is 5.69. The third-order valence-electron chi connectivity index (χ3n) is 3.83. The number of carbonyl (C=O) groups is 3. The van der Waals surface area contributed by atoms with Gasteiger partial charge >= 0.3 is 5.97 Å². The molecule has 1 aliphatic heterocycles. The first-order valence-corrected chi connectivity index (χ1v) is 8.62. The standard InChI is InChI=1S/C16H20N2O4S/c1-23-13-6-4-11(5-7-13)16(21)22-10-14(19)18-8-2-3-12(9-18)15(17)20/h4-7,12H,2-3,8-10H2,1H3,(H2,17,20)/t12-/m0/s1. The first-order valence-electron chi connectivity index (χ1n) is 7.39. The fourth-order valence-electron chi connectivity index (χ4n) is 2.46. The Morgan fingerprint density at radius 1 is 1.30 bits per heavy atom. The average Bonchev–Trinajstić information content (AvgIpc) is 2.59. The molecule has 1 saturated heterocycles. The van der Waals surface area contributed by atoms with Gasteiger partial charge in [-0.05, 0) is 43.4 Å². The predicted molar refractivity (Wildman–Crippen MR) is 87.0 cm³/mol. The van der Waals surface area contributed by atoms with Crippen molar-refractivity contribution in [2.45, 2.75) is 17.7 Å². The molecular weight excluding hydrogens is 316 g/mol. The number of rotatable bonds is 5. The summed E-state index contributed by atoms with van der Waals surface area (Å²) in [7, 11) is 0. The van der Waals surface area contributed by atoms with Crippen molar-refractivity contribution >= 4 is 29.5 Å². The van der Waals surface area contributed by atoms with Crippen LogP contribution < -0.4 is 5.73 Å². The molecule has 1 aliphatic rings. The molecule has 1 aromatic carbocycles. The Morgan fingerprint density at radius 3 is 2.61 bits per heavy atom. The number of ether oxygens (including phenoxy) is 1. The summed E-state index contributed by atoms with van der Waals surface area (Å²) in [6.45, 7) is 0.533. The van der Waals surface area contributed by atoms with E-state index in [4.69, 9.17) is 10.5 Å². The van der Waals surface area contributed by atoms with Crippen molar-refractivity contribution < 1.29 is 19.1 Å². The monoisotopic (exact) mass is 336 g/mol. The Kier molecular flexibility index (Phi) is 6.04. The zero-order valence-electron chi connectivity index (χ0n) is 13.0. The van der Waals surface area contributed by atoms with Crippen LogP contribution in [0.5, 0.6) is 0 Å². The molecule has 1 heterocycles. The molecule has 0 bridgehead atoms. The molecular formula is C16H20N2O4S. The molecule has 6 nitrogen and oxygen atoms in total. The lowest BCUT2D eigenvalue weighted by molar-refractivity contribution is -0.137. The quantitative estimate of drug-likeness (QED) is 0.646. The van der Waals surface area contributed by atoms with Gasteiger partial charge in [-0.1, -0.05) is 0 Å². The van der Waals surface area contributed by atoms with Crippen molar-refractivity contribution in [1.29, 1.82) is 0 Å². The second kappa shape index (κ2) is 8.01. The topological polar surface area (TPSA) is 89.7 Å². The highest BCUT2D eigenvalue weighted by molar-refractivity contribution is 7.98. The third kappa shape index (κ3) is 4.72. The Hall–Kier alpha value is -2.02. The molecule has 0 radical (unpaired) electrons. The van der Waals surface area contributed by atoms with E-state index in [2.05, 4.69) is 0 Å². The van der Waals surface area contributed by atoms with E-state index in [1.807, 2.05) is 18.4 Å². The molecule has 0 unspecified atom stereocenters. The normalized spacial score (nSPS) is 17.6. The fraction of sp³-hybridized carbons (Fsp3) is 0.438. The Morgan fingerprint density at radius 2 is 2.00 bits per heavy atom. The van der Waals surface area contributed by atoms with Crippen LogP contribution in [0.3, 0.4) is 0 Å². The van der Waals surface area contributed by atoms with Crippen LogP contribution in [0.25, 0.3) is 0 Å². The molecule has 1 atom stereocenters. The number of hydrogen-bond donors (Lipinski definition) is 1. The van der Waals surface area contributed by atoms with Crippen LogP contribution in [0, 0.1) is 5.92 Å². The highest BCUT2D eigenvalue weighted by atomic mass is 32.2. The number of primary amides is 1. The van der Waals surface area contributed by atoms with Gasteiger partial charge in [0.2, 0.25) is 5.91 Å². The minimum Gasteiger partial charge on any atom is -0.452 e. The van der Waals surface area contributed by atoms with Gasteiger partial charge in [0.25, 0.3) is 5.91 Å². The lowest BCUT2D eigenvalue weighted by atomic mass is 9.97. The number of piperidine rings is 1. The van der Waals surface area contributed by atoms with E-state index in [0.29, 0.717) is 25.1 Å². The van der Waals surface area contributed by atoms with Crippen LogP contribution in [0.4, 0.5) is 0 Å². The average molecular weight is 336 g/mol. The van der Waals surface area contributed by atoms with E-state index < -0.39 is 11.9 Å². The first kappa shape index (κ1) is 17.3. The molecule has 0 spiro atoms. The summed E-state index contributed by atoms with van der Waals surface area (Å²) in [5, 5.41) is 0. The second-order valence-electron chi connectivity index (χ2n) is 5.39. The largest absolute Gasteiger partial charge is 0.452 e. The van der Waals surface area contributed by atoms with Crippen LogP contribution in [-0.2, 0) is 14.3 Å². The van der Waals surface area contributed by atoms with Crippen LogP contribution in [-0.4, -0.2) is 48.6 Å². The van der Waals surface area contributed by atoms with Crippen molar-refractivity contribution in [2.24, 2.45) is 11.7 Å². The molecule has 124 valence electrons. The summed E-state index contributed by atoms with van der Waals surface area (Å²) in [6.07, 6.45) is 3.37. The number of benzene rings is 1. The molecule has 0 aromatic heterocycles. The molecule has 0 saturated carbocycles. The predicted octanol–water partition coefficient (Wildman–Crippen LogP) is 1.29. The molecule has 23 heavy (non-hydrogen) atoms. The Bertz CT molecular complexity index is 588. The van der Waals surface area contributed by atoms with Crippen LogP contribution >= 0.6 is 11.8 Å². The van der Waals surface area contributed by atoms with E-state index in [-0.39, 0.29) is 18.4 Å². The van der Waals surface area contributed by atoms with Crippen molar-refractivity contribution in [3.63, 3.8) is 0 Å². The SMILES string of the molecule is CSc1ccc(C(=O)OCC(=O)N2CCC[C@H](C(N)=O)C2)cc1. The zero-order valence-corrected chi connectivity index (χ0v) is 13.8. The van der Waals surface area contributed by atoms with Crippen molar-refractivity contribution in [1.82, 2.24) is 4.90 Å². The number of esters is 1. The van der Waals surface area contributed by atoms with E-state index in [1.54, 1.807) is 23.9 Å². The summed E-state index contributed by atoms with van der Waals surface area (Å²) in [6, 6.07) is 6.99. The van der Waals surface area contributed by atoms with Crippen molar-refractivity contribution in [3.05, 3.63) is 29.8 Å². The van der Waals surface area contributed by atoms with Gasteiger partial charge in [0.1, 0.15) is 0 Å². The van der Waals surface area contributed by atoms with Crippen molar-refractivity contribution in [3.8, 4) is 0 Å². The third-order valence-corrected chi connectivity index (χ3v) is 4.57. The Balaban J connectivity index is 1.85. The summed E-state index contributed by atoms with van der Waals surface area (Å²) in [5.74, 6) is -1.55. The molecule has 2 rings (SSSR count). The van der Waals surface area contributed by atoms with Gasteiger partial charge in [-0.25, -0.2) is 4.79 Å². The summed E-state index contributed by atoms with van der Waals surface area (Å²) < 4.78 is 5.06. The number of hydrogen-bond acceptors (Lipinski definition) is 5. The number of likely N-dealkylation sites (tertiary alicyclic amines) is 1. The fourth-order valence-corrected chi connectivity index (χ4v) is 2.87. The van der Waals surface area contributed by atoms with Gasteiger partial charge in [-0.15, -0.1) is 11.8 Å². The van der Waals surface area contributed by atoms with Gasteiger partial charge in [0.05, 0.1) is 11.5 Å².